The summed E-state index contributed by atoms with van der Waals surface area (Å²) in [5.41, 5.74) is 0. The monoisotopic (exact) mass is 975 g/mol. The maximum Gasteiger partial charge on any atom is 0.508 e. The number of likely N-dealkylation sites (N-methyl/N-ethyl adjacent to an activating group) is 2. The van der Waals surface area contributed by atoms with Gasteiger partial charge in [-0.3, -0.25) is 14.5 Å². The summed E-state index contributed by atoms with van der Waals surface area (Å²) in [6.07, 6.45) is 50.7. The van der Waals surface area contributed by atoms with Gasteiger partial charge in [-0.15, -0.1) is 0 Å². The fourth-order valence-corrected chi connectivity index (χ4v) is 9.51. The lowest BCUT2D eigenvalue weighted by atomic mass is 9.94. The molecule has 9 heteroatoms. The summed E-state index contributed by atoms with van der Waals surface area (Å²) in [5.74, 6) is -1.80. The zero-order chi connectivity index (χ0) is 50.7. The molecule has 9 nitrogen and oxygen atoms in total. The average Bonchev–Trinajstić information content (AvgIpc) is 3.34. The predicted molar refractivity (Wildman–Crippen MR) is 293 cm³/mol. The second kappa shape index (κ2) is 51.9. The number of allylic oxidation sites excluding steroid dienone is 3. The Kier molecular flexibility index (Phi) is 50.1. The molecule has 0 bridgehead atoms. The number of aliphatic carboxylic acids is 2. The summed E-state index contributed by atoms with van der Waals surface area (Å²) in [7, 11) is 0. The van der Waals surface area contributed by atoms with Crippen LogP contribution in [0.25, 0.3) is 0 Å². The number of carbonyl (C=O) groups excluding carboxylic acids is 1. The fraction of sp³-hybridized carbons (Fsp3) is 0.883. The van der Waals surface area contributed by atoms with Gasteiger partial charge in [-0.2, -0.15) is 0 Å². The molecule has 0 aromatic carbocycles. The third-order valence-corrected chi connectivity index (χ3v) is 14.5. The zero-order valence-corrected chi connectivity index (χ0v) is 46.2. The largest absolute Gasteiger partial charge is 0.508 e. The van der Waals surface area contributed by atoms with Gasteiger partial charge in [0.15, 0.2) is 0 Å². The lowest BCUT2D eigenvalue weighted by molar-refractivity contribution is -0.143. The summed E-state index contributed by atoms with van der Waals surface area (Å²) >= 11 is 0. The van der Waals surface area contributed by atoms with E-state index in [1.54, 1.807) is 0 Å². The number of unbranched alkanes of at least 4 members (excludes halogenated alkanes) is 27. The molecule has 2 N–H and O–H groups in total. The number of nitrogens with zero attached hydrogens (tertiary/aromatic N) is 2. The first-order chi connectivity index (χ1) is 33.7. The molecule has 3 unspecified atom stereocenters. The number of rotatable bonds is 54. The van der Waals surface area contributed by atoms with Crippen LogP contribution in [-0.4, -0.2) is 90.1 Å². The Morgan fingerprint density at radius 3 is 1.13 bits per heavy atom. The molecule has 0 aromatic rings. The van der Waals surface area contributed by atoms with Crippen molar-refractivity contribution >= 4 is 18.1 Å². The topological polar surface area (TPSA) is 117 Å². The molecule has 3 atom stereocenters. The molecule has 0 radical (unpaired) electrons. The minimum Gasteiger partial charge on any atom is -0.481 e. The molecule has 0 amide bonds. The van der Waals surface area contributed by atoms with E-state index >= 15 is 0 Å². The zero-order valence-electron chi connectivity index (χ0n) is 46.2. The van der Waals surface area contributed by atoms with Gasteiger partial charge in [-0.1, -0.05) is 219 Å². The Labute approximate surface area is 427 Å². The van der Waals surface area contributed by atoms with E-state index in [9.17, 15) is 24.6 Å². The van der Waals surface area contributed by atoms with Crippen LogP contribution in [0.1, 0.15) is 279 Å². The summed E-state index contributed by atoms with van der Waals surface area (Å²) in [6, 6.07) is 0. The van der Waals surface area contributed by atoms with Gasteiger partial charge >= 0.3 is 18.1 Å². The van der Waals surface area contributed by atoms with E-state index in [1.807, 2.05) is 0 Å². The van der Waals surface area contributed by atoms with Crippen molar-refractivity contribution < 1.29 is 34.1 Å². The molecule has 0 saturated heterocycles. The smallest absolute Gasteiger partial charge is 0.481 e. The Morgan fingerprint density at radius 2 is 0.739 bits per heavy atom. The van der Waals surface area contributed by atoms with Crippen molar-refractivity contribution in [1.29, 1.82) is 0 Å². The first-order valence-electron chi connectivity index (χ1n) is 29.8. The lowest BCUT2D eigenvalue weighted by Gasteiger charge is -2.25. The van der Waals surface area contributed by atoms with Crippen molar-refractivity contribution in [2.24, 2.45) is 11.8 Å². The Hall–Kier alpha value is -2.39. The molecule has 0 aromatic heterocycles. The normalized spacial score (nSPS) is 13.3. The maximum atomic E-state index is 12.8. The Bertz CT molecular complexity index is 1190. The van der Waals surface area contributed by atoms with E-state index in [1.165, 1.54) is 135 Å². The van der Waals surface area contributed by atoms with E-state index in [0.29, 0.717) is 32.4 Å². The minimum absolute atomic E-state index is 0.178. The van der Waals surface area contributed by atoms with Crippen LogP contribution in [0.4, 0.5) is 4.79 Å². The molecule has 0 aliphatic carbocycles. The third kappa shape index (κ3) is 45.2. The van der Waals surface area contributed by atoms with Gasteiger partial charge in [0.2, 0.25) is 0 Å². The fourth-order valence-electron chi connectivity index (χ4n) is 9.51. The molecule has 0 aliphatic heterocycles. The predicted octanol–water partition coefficient (Wildman–Crippen LogP) is 17.5. The summed E-state index contributed by atoms with van der Waals surface area (Å²) in [4.78, 5) is 41.5. The van der Waals surface area contributed by atoms with E-state index in [-0.39, 0.29) is 17.9 Å². The van der Waals surface area contributed by atoms with Crippen molar-refractivity contribution in [2.75, 3.05) is 45.9 Å². The summed E-state index contributed by atoms with van der Waals surface area (Å²) in [5, 5.41) is 19.7. The van der Waals surface area contributed by atoms with Gasteiger partial charge in [-0.05, 0) is 96.7 Å². The minimum atomic E-state index is -0.691. The Morgan fingerprint density at radius 1 is 0.406 bits per heavy atom. The lowest BCUT2D eigenvalue weighted by Crippen LogP contribution is -2.37. The first kappa shape index (κ1) is 66.6. The third-order valence-electron chi connectivity index (χ3n) is 14.5. The van der Waals surface area contributed by atoms with Crippen LogP contribution in [0, 0.1) is 11.8 Å². The molecule has 0 aliphatic rings. The second-order valence-electron chi connectivity index (χ2n) is 20.4. The van der Waals surface area contributed by atoms with Crippen molar-refractivity contribution in [3.63, 3.8) is 0 Å². The molecule has 0 heterocycles. The molecule has 0 spiro atoms. The highest BCUT2D eigenvalue weighted by atomic mass is 16.7. The Balaban J connectivity index is 4.29. The highest BCUT2D eigenvalue weighted by Crippen LogP contribution is 2.23. The van der Waals surface area contributed by atoms with Gasteiger partial charge in [0, 0.05) is 26.1 Å². The van der Waals surface area contributed by atoms with E-state index in [4.69, 9.17) is 9.47 Å². The van der Waals surface area contributed by atoms with Crippen LogP contribution < -0.4 is 0 Å². The number of hydrogen-bond donors (Lipinski definition) is 2. The van der Waals surface area contributed by atoms with Gasteiger partial charge in [0.25, 0.3) is 0 Å². The van der Waals surface area contributed by atoms with Crippen LogP contribution in [0.3, 0.4) is 0 Å². The van der Waals surface area contributed by atoms with Gasteiger partial charge in [-0.25, -0.2) is 4.79 Å². The van der Waals surface area contributed by atoms with E-state index < -0.39 is 18.1 Å². The van der Waals surface area contributed by atoms with Gasteiger partial charge < -0.3 is 24.6 Å². The number of carboxylic acid groups (broad SMARTS) is 2. The van der Waals surface area contributed by atoms with Gasteiger partial charge in [0.05, 0.1) is 11.8 Å². The quantitative estimate of drug-likeness (QED) is 0.0349. The standard InChI is InChI=1S/C60H114N2O7/c1-6-11-13-15-17-19-20-21-22-24-28-31-35-39-45-55(58(63)64)46-40-36-32-29-25-23-26-30-33-37-41-47-56(59(65)66)48-43-44-50-57(49-42-38-34-27-18-16-14-12-7-2)69-60(67)68-54-53-62(10-5)52-51-61(8-3)9-4/h21-22,38,42,55-57H,6-20,23-37,39-41,43-54H2,1-5H3,(H,63,64)(H,65,66)/b22-21-,42-38-. The average molecular weight is 976 g/mol. The van der Waals surface area contributed by atoms with Crippen LogP contribution in [0.2, 0.25) is 0 Å². The number of carbonyl (C=O) groups is 3. The molecule has 0 fully saturated rings. The number of hydrogen-bond acceptors (Lipinski definition) is 7. The summed E-state index contributed by atoms with van der Waals surface area (Å²) in [6.45, 7) is 16.9. The molecular weight excluding hydrogens is 861 g/mol. The van der Waals surface area contributed by atoms with Crippen LogP contribution >= 0.6 is 0 Å². The highest BCUT2D eigenvalue weighted by Gasteiger charge is 2.19. The van der Waals surface area contributed by atoms with Crippen molar-refractivity contribution in [3.05, 3.63) is 24.3 Å². The van der Waals surface area contributed by atoms with Gasteiger partial charge in [0.1, 0.15) is 12.7 Å². The molecule has 0 rings (SSSR count). The van der Waals surface area contributed by atoms with E-state index in [0.717, 1.165) is 123 Å². The molecular formula is C60H114N2O7. The maximum absolute atomic E-state index is 12.8. The molecule has 406 valence electrons. The van der Waals surface area contributed by atoms with Crippen LogP contribution in [-0.2, 0) is 19.1 Å². The molecule has 0 saturated carbocycles. The van der Waals surface area contributed by atoms with Crippen LogP contribution in [0.15, 0.2) is 24.3 Å². The van der Waals surface area contributed by atoms with Crippen molar-refractivity contribution in [1.82, 2.24) is 9.80 Å². The second-order valence-corrected chi connectivity index (χ2v) is 20.4. The number of carboxylic acids is 2. The molecule has 69 heavy (non-hydrogen) atoms. The number of ether oxygens (including phenoxy) is 2. The SMILES string of the molecule is CCCCCCCC/C=C\CCCCCCC(CCCCCCCCCCCCCC(CCCCC(C/C=C\CCCCCCCC)OC(=O)OCCN(CC)CCN(CC)CC)C(=O)O)C(=O)O. The highest BCUT2D eigenvalue weighted by molar-refractivity contribution is 5.70. The van der Waals surface area contributed by atoms with E-state index in [2.05, 4.69) is 68.7 Å². The van der Waals surface area contributed by atoms with Crippen molar-refractivity contribution in [2.45, 2.75) is 285 Å². The van der Waals surface area contributed by atoms with Crippen LogP contribution in [0.5, 0.6) is 0 Å². The first-order valence-corrected chi connectivity index (χ1v) is 29.8. The van der Waals surface area contributed by atoms with Crippen molar-refractivity contribution in [3.8, 4) is 0 Å². The summed E-state index contributed by atoms with van der Waals surface area (Å²) < 4.78 is 11.4.